The number of alkyl halides is 1. The van der Waals surface area contributed by atoms with Gasteiger partial charge < -0.3 is 21.5 Å². The van der Waals surface area contributed by atoms with Gasteiger partial charge in [0.2, 0.25) is 0 Å². The zero-order valence-electron chi connectivity index (χ0n) is 16.7. The minimum atomic E-state index is -1.75. The number of hydrogen-bond acceptors (Lipinski definition) is 4. The number of urea groups is 1. The van der Waals surface area contributed by atoms with Gasteiger partial charge in [0.05, 0.1) is 0 Å². The molecule has 1 aliphatic carbocycles. The van der Waals surface area contributed by atoms with Crippen molar-refractivity contribution in [1.82, 2.24) is 5.32 Å². The lowest BCUT2D eigenvalue weighted by molar-refractivity contribution is 0.101. The van der Waals surface area contributed by atoms with Crippen LogP contribution < -0.4 is 16.4 Å². The van der Waals surface area contributed by atoms with E-state index in [0.29, 0.717) is 11.1 Å². The van der Waals surface area contributed by atoms with Crippen molar-refractivity contribution in [1.29, 1.82) is 0 Å². The summed E-state index contributed by atoms with van der Waals surface area (Å²) in [5, 5.41) is 15.5. The summed E-state index contributed by atoms with van der Waals surface area (Å²) < 4.78 is 28.0. The van der Waals surface area contributed by atoms with Crippen molar-refractivity contribution in [2.45, 2.75) is 17.4 Å². The number of aliphatic hydroxyl groups is 1. The standard InChI is InChI=1S/C22H18ClF2N3O3S/c1-21(31)10-9-12(11-22(21,23)19(32)28-20(26)30)13-5-2-3-8-16(13)27-18(29)17-14(24)6-4-7-15(17)25/h2-11,31H,1H3,(H,27,29)(H3,26,28,30,32). The predicted molar refractivity (Wildman–Crippen MR) is 122 cm³/mol. The highest BCUT2D eigenvalue weighted by Gasteiger charge is 2.48. The Kier molecular flexibility index (Phi) is 6.45. The van der Waals surface area contributed by atoms with E-state index >= 15 is 0 Å². The van der Waals surface area contributed by atoms with E-state index < -0.39 is 39.6 Å². The maximum atomic E-state index is 14.0. The highest BCUT2D eigenvalue weighted by atomic mass is 35.5. The number of anilines is 1. The number of primary amides is 1. The minimum Gasteiger partial charge on any atom is -0.383 e. The summed E-state index contributed by atoms with van der Waals surface area (Å²) in [6.45, 7) is 1.40. The summed E-state index contributed by atoms with van der Waals surface area (Å²) in [5.41, 5.74) is 3.79. The van der Waals surface area contributed by atoms with Crippen molar-refractivity contribution >= 4 is 52.0 Å². The molecule has 32 heavy (non-hydrogen) atoms. The molecule has 0 radical (unpaired) electrons. The van der Waals surface area contributed by atoms with Crippen molar-refractivity contribution in [3.63, 3.8) is 0 Å². The SMILES string of the molecule is CC1(O)C=CC(c2ccccc2NC(=O)c2c(F)cccc2F)=CC1(Cl)C(=S)NC(N)=O. The van der Waals surface area contributed by atoms with Crippen LogP contribution in [0.1, 0.15) is 22.8 Å². The number of halogens is 3. The van der Waals surface area contributed by atoms with Crippen LogP contribution in [0.25, 0.3) is 5.57 Å². The first-order valence-electron chi connectivity index (χ1n) is 9.25. The number of carbonyl (C=O) groups excluding carboxylic acids is 2. The highest BCUT2D eigenvalue weighted by molar-refractivity contribution is 7.80. The van der Waals surface area contributed by atoms with Gasteiger partial charge in [0.15, 0.2) is 0 Å². The summed E-state index contributed by atoms with van der Waals surface area (Å²) >= 11 is 11.8. The summed E-state index contributed by atoms with van der Waals surface area (Å²) in [4.78, 5) is 21.9. The molecule has 2 aromatic carbocycles. The van der Waals surface area contributed by atoms with Gasteiger partial charge in [0.1, 0.15) is 32.7 Å². The van der Waals surface area contributed by atoms with E-state index in [9.17, 15) is 23.5 Å². The van der Waals surface area contributed by atoms with Crippen LogP contribution in [-0.2, 0) is 0 Å². The lowest BCUT2D eigenvalue weighted by Crippen LogP contribution is -2.57. The van der Waals surface area contributed by atoms with E-state index in [1.165, 1.54) is 25.1 Å². The molecule has 2 atom stereocenters. The first-order valence-corrected chi connectivity index (χ1v) is 10.0. The molecule has 6 nitrogen and oxygen atoms in total. The second kappa shape index (κ2) is 8.78. The molecular weight excluding hydrogens is 460 g/mol. The molecule has 3 amide bonds. The Morgan fingerprint density at radius 1 is 1.12 bits per heavy atom. The number of nitrogens with one attached hydrogen (secondary N) is 2. The molecule has 0 saturated heterocycles. The number of allylic oxidation sites excluding steroid dienone is 2. The van der Waals surface area contributed by atoms with Crippen LogP contribution in [-0.4, -0.2) is 32.5 Å². The van der Waals surface area contributed by atoms with Crippen LogP contribution in [0.15, 0.2) is 60.7 Å². The lowest BCUT2D eigenvalue weighted by atomic mass is 9.80. The van der Waals surface area contributed by atoms with E-state index in [2.05, 4.69) is 10.6 Å². The van der Waals surface area contributed by atoms with Gasteiger partial charge in [-0.2, -0.15) is 0 Å². The second-order valence-electron chi connectivity index (χ2n) is 7.21. The van der Waals surface area contributed by atoms with Gasteiger partial charge in [0.25, 0.3) is 5.91 Å². The number of nitrogens with two attached hydrogens (primary N) is 1. The third-order valence-electron chi connectivity index (χ3n) is 4.92. The van der Waals surface area contributed by atoms with Crippen molar-refractivity contribution in [2.24, 2.45) is 5.73 Å². The van der Waals surface area contributed by atoms with Crippen LogP contribution >= 0.6 is 23.8 Å². The molecule has 0 fully saturated rings. The fourth-order valence-corrected chi connectivity index (χ4v) is 3.78. The van der Waals surface area contributed by atoms with E-state index in [0.717, 1.165) is 18.2 Å². The number of thiocarbonyl (C=S) groups is 1. The quantitative estimate of drug-likeness (QED) is 0.396. The first-order chi connectivity index (χ1) is 15.0. The molecule has 0 aromatic heterocycles. The Hall–Kier alpha value is -3.14. The third kappa shape index (κ3) is 4.40. The zero-order valence-corrected chi connectivity index (χ0v) is 18.2. The lowest BCUT2D eigenvalue weighted by Gasteiger charge is -2.39. The molecule has 5 N–H and O–H groups in total. The van der Waals surface area contributed by atoms with Crippen LogP contribution in [0.2, 0.25) is 0 Å². The average Bonchev–Trinajstić information content (AvgIpc) is 2.70. The number of benzene rings is 2. The van der Waals surface area contributed by atoms with Crippen LogP contribution in [0, 0.1) is 11.6 Å². The molecule has 0 spiro atoms. The van der Waals surface area contributed by atoms with Crippen molar-refractivity contribution in [3.8, 4) is 0 Å². The zero-order chi connectivity index (χ0) is 23.7. The average molecular weight is 478 g/mol. The van der Waals surface area contributed by atoms with Gasteiger partial charge in [-0.15, -0.1) is 11.6 Å². The highest BCUT2D eigenvalue weighted by Crippen LogP contribution is 2.41. The van der Waals surface area contributed by atoms with Gasteiger partial charge in [-0.3, -0.25) is 4.79 Å². The van der Waals surface area contributed by atoms with Crippen molar-refractivity contribution in [3.05, 3.63) is 83.5 Å². The van der Waals surface area contributed by atoms with Gasteiger partial charge in [-0.25, -0.2) is 13.6 Å². The molecule has 0 saturated carbocycles. The summed E-state index contributed by atoms with van der Waals surface area (Å²) in [6, 6.07) is 8.62. The van der Waals surface area contributed by atoms with Crippen LogP contribution in [0.5, 0.6) is 0 Å². The Balaban J connectivity index is 2.02. The van der Waals surface area contributed by atoms with Crippen molar-refractivity contribution < 1.29 is 23.5 Å². The van der Waals surface area contributed by atoms with E-state index in [1.54, 1.807) is 24.3 Å². The van der Waals surface area contributed by atoms with E-state index in [-0.39, 0.29) is 10.7 Å². The topological polar surface area (TPSA) is 104 Å². The third-order valence-corrected chi connectivity index (χ3v) is 6.14. The van der Waals surface area contributed by atoms with Crippen molar-refractivity contribution in [2.75, 3.05) is 5.32 Å². The van der Waals surface area contributed by atoms with Gasteiger partial charge >= 0.3 is 6.03 Å². The Bertz CT molecular complexity index is 1160. The monoisotopic (exact) mass is 477 g/mol. The van der Waals surface area contributed by atoms with E-state index in [1.807, 2.05) is 0 Å². The largest absolute Gasteiger partial charge is 0.383 e. The molecule has 3 rings (SSSR count). The summed E-state index contributed by atoms with van der Waals surface area (Å²) in [6.07, 6.45) is 4.32. The maximum absolute atomic E-state index is 14.0. The smallest absolute Gasteiger partial charge is 0.317 e. The number of rotatable bonds is 4. The van der Waals surface area contributed by atoms with Gasteiger partial charge in [-0.1, -0.05) is 48.6 Å². The number of hydrogen-bond donors (Lipinski definition) is 4. The van der Waals surface area contributed by atoms with Crippen LogP contribution in [0.3, 0.4) is 0 Å². The Morgan fingerprint density at radius 3 is 2.38 bits per heavy atom. The first kappa shape index (κ1) is 23.5. The second-order valence-corrected chi connectivity index (χ2v) is 8.21. The molecule has 10 heteroatoms. The van der Waals surface area contributed by atoms with Crippen LogP contribution in [0.4, 0.5) is 19.3 Å². The molecule has 1 aliphatic rings. The molecular formula is C22H18ClF2N3O3S. The summed E-state index contributed by atoms with van der Waals surface area (Å²) in [7, 11) is 0. The summed E-state index contributed by atoms with van der Waals surface area (Å²) in [5.74, 6) is -2.99. The maximum Gasteiger partial charge on any atom is 0.317 e. The number of para-hydroxylation sites is 1. The molecule has 2 unspecified atom stereocenters. The Labute approximate surface area is 192 Å². The van der Waals surface area contributed by atoms with Gasteiger partial charge in [0, 0.05) is 11.3 Å². The molecule has 166 valence electrons. The molecule has 2 aromatic rings. The number of carbonyl (C=O) groups is 2. The van der Waals surface area contributed by atoms with E-state index in [4.69, 9.17) is 29.6 Å². The van der Waals surface area contributed by atoms with Gasteiger partial charge in [-0.05, 0) is 36.8 Å². The Morgan fingerprint density at radius 2 is 1.75 bits per heavy atom. The fourth-order valence-electron chi connectivity index (χ4n) is 3.19. The number of amides is 3. The minimum absolute atomic E-state index is 0.227. The molecule has 0 aliphatic heterocycles. The fraction of sp³-hybridized carbons (Fsp3) is 0.136. The molecule has 0 bridgehead atoms. The normalized spacial score (nSPS) is 22.1. The molecule has 0 heterocycles. The predicted octanol–water partition coefficient (Wildman–Crippen LogP) is 3.89.